The standard InChI is InChI=1S/C27H21N3/c1-18-16-23(19(2)15-22(18)21-11-8-14-28-17-21)27-26(20-9-4-3-5-10-20)29-24-12-6-7-13-25(24)30-27/h3-17H,1-2H3. The molecule has 5 aromatic rings. The SMILES string of the molecule is Cc1cc(-c2nc3ccccc3nc2-c2ccccc2)c(C)cc1-c1cccnc1. The van der Waals surface area contributed by atoms with Crippen LogP contribution in [0.2, 0.25) is 0 Å². The first-order valence-corrected chi connectivity index (χ1v) is 10.0. The lowest BCUT2D eigenvalue weighted by atomic mass is 9.93. The Balaban J connectivity index is 1.76. The molecule has 0 aliphatic carbocycles. The highest BCUT2D eigenvalue weighted by Gasteiger charge is 2.16. The first-order chi connectivity index (χ1) is 14.7. The van der Waals surface area contributed by atoms with Crippen molar-refractivity contribution in [2.75, 3.05) is 0 Å². The van der Waals surface area contributed by atoms with Crippen LogP contribution in [0.4, 0.5) is 0 Å². The van der Waals surface area contributed by atoms with E-state index in [1.165, 1.54) is 16.7 Å². The zero-order valence-electron chi connectivity index (χ0n) is 17.0. The predicted octanol–water partition coefficient (Wildman–Crippen LogP) is 6.64. The van der Waals surface area contributed by atoms with Crippen LogP contribution in [0.1, 0.15) is 11.1 Å². The molecular weight excluding hydrogens is 366 g/mol. The Kier molecular flexibility index (Phi) is 4.56. The summed E-state index contributed by atoms with van der Waals surface area (Å²) in [5.74, 6) is 0. The average molecular weight is 387 g/mol. The number of aryl methyl sites for hydroxylation is 2. The summed E-state index contributed by atoms with van der Waals surface area (Å²) in [5.41, 5.74) is 10.5. The maximum absolute atomic E-state index is 5.05. The summed E-state index contributed by atoms with van der Waals surface area (Å²) in [6.45, 7) is 4.28. The van der Waals surface area contributed by atoms with E-state index in [1.54, 1.807) is 6.20 Å². The van der Waals surface area contributed by atoms with Gasteiger partial charge in [0, 0.05) is 29.1 Å². The molecule has 0 radical (unpaired) electrons. The van der Waals surface area contributed by atoms with Crippen LogP contribution in [0.15, 0.2) is 91.3 Å². The molecule has 0 unspecified atom stereocenters. The molecule has 2 heterocycles. The van der Waals surface area contributed by atoms with Crippen LogP contribution in [0, 0.1) is 13.8 Å². The second-order valence-corrected chi connectivity index (χ2v) is 7.50. The second kappa shape index (κ2) is 7.53. The van der Waals surface area contributed by atoms with Gasteiger partial charge in [0.05, 0.1) is 22.4 Å². The number of para-hydroxylation sites is 2. The summed E-state index contributed by atoms with van der Waals surface area (Å²) in [7, 11) is 0. The molecule has 2 aromatic heterocycles. The first-order valence-electron chi connectivity index (χ1n) is 10.0. The Labute approximate surface area is 176 Å². The van der Waals surface area contributed by atoms with Gasteiger partial charge in [0.25, 0.3) is 0 Å². The molecule has 0 aliphatic heterocycles. The highest BCUT2D eigenvalue weighted by Crippen LogP contribution is 2.36. The molecule has 0 spiro atoms. The third kappa shape index (κ3) is 3.25. The molecule has 0 fully saturated rings. The van der Waals surface area contributed by atoms with Gasteiger partial charge >= 0.3 is 0 Å². The molecule has 0 N–H and O–H groups in total. The summed E-state index contributed by atoms with van der Waals surface area (Å²) in [5, 5.41) is 0. The first kappa shape index (κ1) is 18.2. The fourth-order valence-corrected chi connectivity index (χ4v) is 3.89. The van der Waals surface area contributed by atoms with Crippen LogP contribution < -0.4 is 0 Å². The van der Waals surface area contributed by atoms with Crippen molar-refractivity contribution in [2.45, 2.75) is 13.8 Å². The molecule has 0 aliphatic rings. The number of hydrogen-bond acceptors (Lipinski definition) is 3. The number of benzene rings is 3. The normalized spacial score (nSPS) is 11.0. The molecule has 0 saturated carbocycles. The fourth-order valence-electron chi connectivity index (χ4n) is 3.89. The van der Waals surface area contributed by atoms with Gasteiger partial charge in [-0.05, 0) is 54.8 Å². The van der Waals surface area contributed by atoms with Gasteiger partial charge in [-0.15, -0.1) is 0 Å². The van der Waals surface area contributed by atoms with E-state index in [-0.39, 0.29) is 0 Å². The zero-order valence-corrected chi connectivity index (χ0v) is 17.0. The molecule has 144 valence electrons. The van der Waals surface area contributed by atoms with Gasteiger partial charge < -0.3 is 0 Å². The van der Waals surface area contributed by atoms with Crippen molar-refractivity contribution in [3.8, 4) is 33.6 Å². The summed E-state index contributed by atoms with van der Waals surface area (Å²) in [6, 6.07) is 26.9. The summed E-state index contributed by atoms with van der Waals surface area (Å²) in [6.07, 6.45) is 3.71. The van der Waals surface area contributed by atoms with Crippen molar-refractivity contribution < 1.29 is 0 Å². The lowest BCUT2D eigenvalue weighted by molar-refractivity contribution is 1.27. The lowest BCUT2D eigenvalue weighted by Crippen LogP contribution is -1.98. The monoisotopic (exact) mass is 387 g/mol. The molecule has 5 rings (SSSR count). The molecule has 3 aromatic carbocycles. The Bertz CT molecular complexity index is 1340. The lowest BCUT2D eigenvalue weighted by Gasteiger charge is -2.15. The Morgan fingerprint density at radius 2 is 1.17 bits per heavy atom. The molecule has 3 heteroatoms. The van der Waals surface area contributed by atoms with Crippen LogP contribution >= 0.6 is 0 Å². The smallest absolute Gasteiger partial charge is 0.0975 e. The van der Waals surface area contributed by atoms with E-state index in [2.05, 4.69) is 49.2 Å². The number of nitrogens with zero attached hydrogens (tertiary/aromatic N) is 3. The Morgan fingerprint density at radius 3 is 1.87 bits per heavy atom. The number of aromatic nitrogens is 3. The third-order valence-electron chi connectivity index (χ3n) is 5.42. The highest BCUT2D eigenvalue weighted by molar-refractivity contribution is 5.88. The molecule has 0 amide bonds. The number of fused-ring (bicyclic) bond motifs is 1. The summed E-state index contributed by atoms with van der Waals surface area (Å²) >= 11 is 0. The number of rotatable bonds is 3. The van der Waals surface area contributed by atoms with Crippen molar-refractivity contribution >= 4 is 11.0 Å². The van der Waals surface area contributed by atoms with Crippen molar-refractivity contribution in [3.05, 3.63) is 102 Å². The Morgan fingerprint density at radius 1 is 0.567 bits per heavy atom. The van der Waals surface area contributed by atoms with Gasteiger partial charge in [-0.2, -0.15) is 0 Å². The van der Waals surface area contributed by atoms with E-state index in [9.17, 15) is 0 Å². The van der Waals surface area contributed by atoms with Crippen LogP contribution in [0.25, 0.3) is 44.7 Å². The summed E-state index contributed by atoms with van der Waals surface area (Å²) < 4.78 is 0. The van der Waals surface area contributed by atoms with Gasteiger partial charge in [0.1, 0.15) is 0 Å². The predicted molar refractivity (Wildman–Crippen MR) is 123 cm³/mol. The van der Waals surface area contributed by atoms with E-state index in [1.807, 2.05) is 54.7 Å². The molecular formula is C27H21N3. The van der Waals surface area contributed by atoms with E-state index >= 15 is 0 Å². The van der Waals surface area contributed by atoms with Crippen LogP contribution in [-0.2, 0) is 0 Å². The van der Waals surface area contributed by atoms with E-state index < -0.39 is 0 Å². The van der Waals surface area contributed by atoms with Crippen LogP contribution in [0.3, 0.4) is 0 Å². The van der Waals surface area contributed by atoms with Gasteiger partial charge in [-0.25, -0.2) is 9.97 Å². The molecule has 3 nitrogen and oxygen atoms in total. The molecule has 0 atom stereocenters. The number of hydrogen-bond donors (Lipinski definition) is 0. The van der Waals surface area contributed by atoms with Gasteiger partial charge in [0.15, 0.2) is 0 Å². The highest BCUT2D eigenvalue weighted by atomic mass is 14.8. The zero-order chi connectivity index (χ0) is 20.5. The minimum atomic E-state index is 0.903. The van der Waals surface area contributed by atoms with E-state index in [0.717, 1.165) is 39.1 Å². The van der Waals surface area contributed by atoms with Gasteiger partial charge in [0.2, 0.25) is 0 Å². The molecule has 30 heavy (non-hydrogen) atoms. The Hall–Kier alpha value is -3.85. The minimum absolute atomic E-state index is 0.903. The van der Waals surface area contributed by atoms with Crippen molar-refractivity contribution in [1.29, 1.82) is 0 Å². The third-order valence-corrected chi connectivity index (χ3v) is 5.42. The van der Waals surface area contributed by atoms with Gasteiger partial charge in [-0.1, -0.05) is 54.6 Å². The molecule has 0 saturated heterocycles. The maximum atomic E-state index is 5.05. The maximum Gasteiger partial charge on any atom is 0.0975 e. The van der Waals surface area contributed by atoms with Gasteiger partial charge in [-0.3, -0.25) is 4.98 Å². The van der Waals surface area contributed by atoms with Crippen molar-refractivity contribution in [2.24, 2.45) is 0 Å². The van der Waals surface area contributed by atoms with Crippen molar-refractivity contribution in [1.82, 2.24) is 15.0 Å². The van der Waals surface area contributed by atoms with Crippen LogP contribution in [0.5, 0.6) is 0 Å². The van der Waals surface area contributed by atoms with E-state index in [0.29, 0.717) is 0 Å². The summed E-state index contributed by atoms with van der Waals surface area (Å²) in [4.78, 5) is 14.3. The van der Waals surface area contributed by atoms with E-state index in [4.69, 9.17) is 9.97 Å². The number of pyridine rings is 1. The topological polar surface area (TPSA) is 38.7 Å². The second-order valence-electron chi connectivity index (χ2n) is 7.50. The minimum Gasteiger partial charge on any atom is -0.264 e. The van der Waals surface area contributed by atoms with Crippen LogP contribution in [-0.4, -0.2) is 15.0 Å². The quantitative estimate of drug-likeness (QED) is 0.348. The van der Waals surface area contributed by atoms with Crippen molar-refractivity contribution in [3.63, 3.8) is 0 Å². The average Bonchev–Trinajstić information content (AvgIpc) is 2.80. The molecule has 0 bridgehead atoms. The fraction of sp³-hybridized carbons (Fsp3) is 0.0741. The largest absolute Gasteiger partial charge is 0.264 e.